The summed E-state index contributed by atoms with van der Waals surface area (Å²) in [6, 6.07) is 5.81. The summed E-state index contributed by atoms with van der Waals surface area (Å²) >= 11 is 0. The number of hydrogen-bond donors (Lipinski definition) is 2. The fraction of sp³-hybridized carbons (Fsp3) is 0.538. The lowest BCUT2D eigenvalue weighted by molar-refractivity contribution is 0.00737. The Morgan fingerprint density at radius 1 is 1.11 bits per heavy atom. The molecule has 0 fully saturated rings. The smallest absolute Gasteiger partial charge is 0.254 e. The summed E-state index contributed by atoms with van der Waals surface area (Å²) in [5.41, 5.74) is 1.13. The van der Waals surface area contributed by atoms with E-state index in [0.29, 0.717) is 19.6 Å². The lowest BCUT2D eigenvalue weighted by Gasteiger charge is -2.22. The fourth-order valence-electron chi connectivity index (χ4n) is 1.97. The molecule has 0 bridgehead atoms. The zero-order valence-corrected chi connectivity index (χ0v) is 10.5. The molecule has 1 atom stereocenters. The summed E-state index contributed by atoms with van der Waals surface area (Å²) in [7, 11) is 0. The molecule has 0 aliphatic carbocycles. The molecule has 1 aromatic carbocycles. The van der Waals surface area contributed by atoms with Crippen molar-refractivity contribution in [2.24, 2.45) is 0 Å². The Balaban J connectivity index is 1.93. The second-order valence-electron chi connectivity index (χ2n) is 4.36. The van der Waals surface area contributed by atoms with Crippen LogP contribution in [0.3, 0.4) is 0 Å². The molecule has 1 aliphatic rings. The van der Waals surface area contributed by atoms with Crippen molar-refractivity contribution in [3.8, 4) is 11.5 Å². The topological polar surface area (TPSA) is 62.2 Å². The first kappa shape index (κ1) is 13.1. The molecule has 0 aromatic heterocycles. The summed E-state index contributed by atoms with van der Waals surface area (Å²) in [6.07, 6.45) is -0.375. The Kier molecular flexibility index (Phi) is 4.41. The Bertz CT molecular complexity index is 391. The third kappa shape index (κ3) is 3.13. The van der Waals surface area contributed by atoms with Crippen molar-refractivity contribution >= 4 is 0 Å². The van der Waals surface area contributed by atoms with Crippen LogP contribution in [0, 0.1) is 6.92 Å². The van der Waals surface area contributed by atoms with Crippen LogP contribution in [-0.4, -0.2) is 54.3 Å². The minimum atomic E-state index is -0.375. The van der Waals surface area contributed by atoms with Crippen LogP contribution >= 0.6 is 0 Å². The predicted octanol–water partition coefficient (Wildman–Crippen LogP) is 0.379. The van der Waals surface area contributed by atoms with Gasteiger partial charge in [0, 0.05) is 13.1 Å². The van der Waals surface area contributed by atoms with Crippen molar-refractivity contribution in [3.63, 3.8) is 0 Å². The molecule has 0 amide bonds. The number of nitrogens with zero attached hydrogens (tertiary/aromatic N) is 1. The van der Waals surface area contributed by atoms with E-state index in [-0.39, 0.29) is 19.5 Å². The number of ether oxygens (including phenoxy) is 2. The molecule has 0 radical (unpaired) electrons. The molecule has 0 saturated heterocycles. The van der Waals surface area contributed by atoms with Crippen LogP contribution < -0.4 is 9.47 Å². The van der Waals surface area contributed by atoms with E-state index in [4.69, 9.17) is 19.7 Å². The van der Waals surface area contributed by atoms with E-state index >= 15 is 0 Å². The number of hydrogen-bond acceptors (Lipinski definition) is 5. The van der Waals surface area contributed by atoms with Gasteiger partial charge in [-0.1, -0.05) is 6.07 Å². The molecule has 5 nitrogen and oxygen atoms in total. The fourth-order valence-corrected chi connectivity index (χ4v) is 1.97. The predicted molar refractivity (Wildman–Crippen MR) is 66.8 cm³/mol. The number of fused-ring (bicyclic) bond motifs is 1. The third-order valence-electron chi connectivity index (χ3n) is 2.86. The molecule has 1 unspecified atom stereocenters. The number of aliphatic hydroxyl groups is 2. The van der Waals surface area contributed by atoms with Gasteiger partial charge in [0.05, 0.1) is 19.8 Å². The highest BCUT2D eigenvalue weighted by Crippen LogP contribution is 2.35. The van der Waals surface area contributed by atoms with Gasteiger partial charge in [-0.15, -0.1) is 0 Å². The summed E-state index contributed by atoms with van der Waals surface area (Å²) in [6.45, 7) is 3.63. The summed E-state index contributed by atoms with van der Waals surface area (Å²) in [5.74, 6) is 1.51. The van der Waals surface area contributed by atoms with Crippen LogP contribution in [0.15, 0.2) is 18.2 Å². The van der Waals surface area contributed by atoms with E-state index < -0.39 is 0 Å². The van der Waals surface area contributed by atoms with Gasteiger partial charge in [0.15, 0.2) is 11.5 Å². The van der Waals surface area contributed by atoms with Gasteiger partial charge in [0.1, 0.15) is 0 Å². The molecule has 2 N–H and O–H groups in total. The first-order valence-corrected chi connectivity index (χ1v) is 6.11. The van der Waals surface area contributed by atoms with E-state index in [2.05, 4.69) is 0 Å². The molecule has 18 heavy (non-hydrogen) atoms. The number of aryl methyl sites for hydroxylation is 1. The molecule has 0 spiro atoms. The molecule has 1 heterocycles. The van der Waals surface area contributed by atoms with Gasteiger partial charge in [0.25, 0.3) is 6.29 Å². The largest absolute Gasteiger partial charge is 0.450 e. The molecule has 1 aliphatic heterocycles. The second kappa shape index (κ2) is 6.04. The van der Waals surface area contributed by atoms with Gasteiger partial charge in [-0.3, -0.25) is 4.90 Å². The Morgan fingerprint density at radius 2 is 1.78 bits per heavy atom. The maximum Gasteiger partial charge on any atom is 0.254 e. The first-order chi connectivity index (χ1) is 8.72. The van der Waals surface area contributed by atoms with Gasteiger partial charge in [-0.05, 0) is 24.6 Å². The number of benzene rings is 1. The van der Waals surface area contributed by atoms with Crippen LogP contribution in [0.5, 0.6) is 11.5 Å². The van der Waals surface area contributed by atoms with E-state index in [0.717, 1.165) is 17.1 Å². The minimum absolute atomic E-state index is 0.0543. The quantitative estimate of drug-likeness (QED) is 0.767. The highest BCUT2D eigenvalue weighted by Gasteiger charge is 2.25. The lowest BCUT2D eigenvalue weighted by Crippen LogP contribution is -2.39. The average molecular weight is 253 g/mol. The van der Waals surface area contributed by atoms with Crippen molar-refractivity contribution in [3.05, 3.63) is 23.8 Å². The Hall–Kier alpha value is -1.30. The Labute approximate surface area is 107 Å². The van der Waals surface area contributed by atoms with Crippen LogP contribution in [0.1, 0.15) is 5.56 Å². The molecule has 5 heteroatoms. The molecular weight excluding hydrogens is 234 g/mol. The highest BCUT2D eigenvalue weighted by molar-refractivity contribution is 5.44. The minimum Gasteiger partial charge on any atom is -0.450 e. The standard InChI is InChI=1S/C13H19NO4/c1-10-2-3-11-12(8-10)18-13(17-11)9-14(4-6-15)5-7-16/h2-3,8,13,15-16H,4-7,9H2,1H3. The van der Waals surface area contributed by atoms with Gasteiger partial charge in [0.2, 0.25) is 0 Å². The van der Waals surface area contributed by atoms with Crippen molar-refractivity contribution in [1.82, 2.24) is 4.90 Å². The summed E-state index contributed by atoms with van der Waals surface area (Å²) < 4.78 is 11.3. The Morgan fingerprint density at radius 3 is 2.44 bits per heavy atom. The van der Waals surface area contributed by atoms with Gasteiger partial charge >= 0.3 is 0 Å². The summed E-state index contributed by atoms with van der Waals surface area (Å²) in [5, 5.41) is 17.9. The highest BCUT2D eigenvalue weighted by atomic mass is 16.7. The van der Waals surface area contributed by atoms with Gasteiger partial charge in [-0.25, -0.2) is 0 Å². The van der Waals surface area contributed by atoms with E-state index in [1.165, 1.54) is 0 Å². The van der Waals surface area contributed by atoms with Crippen molar-refractivity contribution in [2.45, 2.75) is 13.2 Å². The lowest BCUT2D eigenvalue weighted by atomic mass is 10.2. The monoisotopic (exact) mass is 253 g/mol. The van der Waals surface area contributed by atoms with Crippen molar-refractivity contribution in [1.29, 1.82) is 0 Å². The average Bonchev–Trinajstić information content (AvgIpc) is 2.71. The van der Waals surface area contributed by atoms with Gasteiger partial charge < -0.3 is 19.7 Å². The molecular formula is C13H19NO4. The maximum atomic E-state index is 8.94. The van der Waals surface area contributed by atoms with Crippen LogP contribution in [0.2, 0.25) is 0 Å². The van der Waals surface area contributed by atoms with Crippen LogP contribution in [0.4, 0.5) is 0 Å². The SMILES string of the molecule is Cc1ccc2c(c1)OC(CN(CCO)CCO)O2. The van der Waals surface area contributed by atoms with Crippen molar-refractivity contribution < 1.29 is 19.7 Å². The normalized spacial score (nSPS) is 17.4. The zero-order valence-electron chi connectivity index (χ0n) is 10.5. The number of aliphatic hydroxyl groups excluding tert-OH is 2. The van der Waals surface area contributed by atoms with Crippen LogP contribution in [-0.2, 0) is 0 Å². The zero-order chi connectivity index (χ0) is 13.0. The van der Waals surface area contributed by atoms with Gasteiger partial charge in [-0.2, -0.15) is 0 Å². The van der Waals surface area contributed by atoms with Crippen molar-refractivity contribution in [2.75, 3.05) is 32.8 Å². The third-order valence-corrected chi connectivity index (χ3v) is 2.86. The second-order valence-corrected chi connectivity index (χ2v) is 4.36. The van der Waals surface area contributed by atoms with Crippen LogP contribution in [0.25, 0.3) is 0 Å². The van der Waals surface area contributed by atoms with E-state index in [9.17, 15) is 0 Å². The van der Waals surface area contributed by atoms with E-state index in [1.54, 1.807) is 0 Å². The maximum absolute atomic E-state index is 8.94. The van der Waals surface area contributed by atoms with E-state index in [1.807, 2.05) is 30.0 Å². The molecule has 100 valence electrons. The molecule has 2 rings (SSSR count). The molecule has 0 saturated carbocycles. The summed E-state index contributed by atoms with van der Waals surface area (Å²) in [4.78, 5) is 1.91. The first-order valence-electron chi connectivity index (χ1n) is 6.11. The molecule has 1 aromatic rings. The number of rotatable bonds is 6.